The van der Waals surface area contributed by atoms with Crippen molar-refractivity contribution < 1.29 is 13.2 Å². The number of amides is 1. The first-order chi connectivity index (χ1) is 10.3. The van der Waals surface area contributed by atoms with E-state index in [0.717, 1.165) is 11.1 Å². The highest BCUT2D eigenvalue weighted by molar-refractivity contribution is 7.89. The van der Waals surface area contributed by atoms with Crippen LogP contribution in [0, 0.1) is 6.92 Å². The second kappa shape index (κ2) is 9.87. The maximum atomic E-state index is 12.0. The first-order valence-electron chi connectivity index (χ1n) is 7.31. The molecule has 0 fully saturated rings. The minimum Gasteiger partial charge on any atom is -0.354 e. The second-order valence-corrected chi connectivity index (χ2v) is 7.62. The minimum absolute atomic E-state index is 0. The minimum atomic E-state index is -3.17. The molecule has 0 heterocycles. The van der Waals surface area contributed by atoms with Gasteiger partial charge in [-0.1, -0.05) is 29.8 Å². The van der Waals surface area contributed by atoms with E-state index in [4.69, 9.17) is 5.73 Å². The van der Waals surface area contributed by atoms with E-state index in [0.29, 0.717) is 19.5 Å². The van der Waals surface area contributed by atoms with Crippen LogP contribution in [0.4, 0.5) is 0 Å². The Labute approximate surface area is 144 Å². The first kappa shape index (κ1) is 21.9. The number of nitrogens with zero attached hydrogens (tertiary/aromatic N) is 1. The van der Waals surface area contributed by atoms with E-state index in [9.17, 15) is 13.2 Å². The smallest absolute Gasteiger partial charge is 0.241 e. The standard InChI is InChI=1S/C15H25N3O3S.ClH/c1-4-22(20,21)18(3)11-5-10-17-15(19)14(16)13-8-6-12(2)7-9-13;/h6-9,14H,4-5,10-11,16H2,1-3H3,(H,17,19);1H. The zero-order valence-electron chi connectivity index (χ0n) is 13.8. The summed E-state index contributed by atoms with van der Waals surface area (Å²) in [7, 11) is -1.63. The molecule has 1 aromatic carbocycles. The van der Waals surface area contributed by atoms with Crippen molar-refractivity contribution in [3.8, 4) is 0 Å². The lowest BCUT2D eigenvalue weighted by Crippen LogP contribution is -2.36. The van der Waals surface area contributed by atoms with Gasteiger partial charge in [-0.15, -0.1) is 12.4 Å². The Morgan fingerprint density at radius 1 is 1.30 bits per heavy atom. The summed E-state index contributed by atoms with van der Waals surface area (Å²) in [6, 6.07) is 6.78. The molecule has 0 bridgehead atoms. The molecule has 0 aromatic heterocycles. The third-order valence-electron chi connectivity index (χ3n) is 3.51. The maximum Gasteiger partial charge on any atom is 0.241 e. The van der Waals surface area contributed by atoms with Gasteiger partial charge >= 0.3 is 0 Å². The van der Waals surface area contributed by atoms with Crippen LogP contribution in [-0.2, 0) is 14.8 Å². The number of carbonyl (C=O) groups excluding carboxylic acids is 1. The van der Waals surface area contributed by atoms with Crippen LogP contribution in [0.1, 0.15) is 30.5 Å². The van der Waals surface area contributed by atoms with Gasteiger partial charge in [0.15, 0.2) is 0 Å². The lowest BCUT2D eigenvalue weighted by Gasteiger charge is -2.17. The van der Waals surface area contributed by atoms with Crippen molar-refractivity contribution in [2.75, 3.05) is 25.9 Å². The highest BCUT2D eigenvalue weighted by atomic mass is 35.5. The Morgan fingerprint density at radius 2 is 1.87 bits per heavy atom. The molecule has 1 atom stereocenters. The van der Waals surface area contributed by atoms with Gasteiger partial charge in [0.25, 0.3) is 0 Å². The summed E-state index contributed by atoms with van der Waals surface area (Å²) in [5.74, 6) is -0.182. The molecule has 6 nitrogen and oxygen atoms in total. The number of sulfonamides is 1. The SMILES string of the molecule is CCS(=O)(=O)N(C)CCCNC(=O)C(N)c1ccc(C)cc1.Cl. The molecule has 1 rings (SSSR count). The highest BCUT2D eigenvalue weighted by Gasteiger charge is 2.16. The number of carbonyl (C=O) groups is 1. The maximum absolute atomic E-state index is 12.0. The van der Waals surface area contributed by atoms with Gasteiger partial charge in [0.05, 0.1) is 5.75 Å². The lowest BCUT2D eigenvalue weighted by atomic mass is 10.1. The molecule has 0 spiro atoms. The molecular weight excluding hydrogens is 338 g/mol. The summed E-state index contributed by atoms with van der Waals surface area (Å²) in [5, 5.41) is 2.73. The third-order valence-corrected chi connectivity index (χ3v) is 5.37. The van der Waals surface area contributed by atoms with Gasteiger partial charge in [0.1, 0.15) is 6.04 Å². The van der Waals surface area contributed by atoms with Crippen LogP contribution < -0.4 is 11.1 Å². The van der Waals surface area contributed by atoms with Crippen molar-refractivity contribution in [2.45, 2.75) is 26.3 Å². The van der Waals surface area contributed by atoms with Gasteiger partial charge in [-0.3, -0.25) is 4.79 Å². The van der Waals surface area contributed by atoms with E-state index < -0.39 is 16.1 Å². The number of nitrogens with one attached hydrogen (secondary N) is 1. The van der Waals surface area contributed by atoms with Crippen molar-refractivity contribution in [1.29, 1.82) is 0 Å². The van der Waals surface area contributed by atoms with Gasteiger partial charge < -0.3 is 11.1 Å². The van der Waals surface area contributed by atoms with E-state index in [-0.39, 0.29) is 24.1 Å². The van der Waals surface area contributed by atoms with Gasteiger partial charge in [-0.05, 0) is 25.8 Å². The Hall–Kier alpha value is -1.15. The van der Waals surface area contributed by atoms with Gasteiger partial charge in [0.2, 0.25) is 15.9 Å². The van der Waals surface area contributed by atoms with E-state index in [1.807, 2.05) is 31.2 Å². The third kappa shape index (κ3) is 6.87. The van der Waals surface area contributed by atoms with Gasteiger partial charge in [-0.2, -0.15) is 0 Å². The quantitative estimate of drug-likeness (QED) is 0.679. The Bertz CT molecular complexity index is 590. The van der Waals surface area contributed by atoms with Crippen LogP contribution in [0.2, 0.25) is 0 Å². The largest absolute Gasteiger partial charge is 0.354 e. The molecular formula is C15H26ClN3O3S. The van der Waals surface area contributed by atoms with Gasteiger partial charge in [-0.25, -0.2) is 12.7 Å². The predicted molar refractivity (Wildman–Crippen MR) is 95.1 cm³/mol. The van der Waals surface area contributed by atoms with E-state index >= 15 is 0 Å². The topological polar surface area (TPSA) is 92.5 Å². The Morgan fingerprint density at radius 3 is 2.39 bits per heavy atom. The molecule has 0 saturated carbocycles. The van der Waals surface area contributed by atoms with Gasteiger partial charge in [0, 0.05) is 20.1 Å². The molecule has 1 unspecified atom stereocenters. The van der Waals surface area contributed by atoms with E-state index in [1.165, 1.54) is 4.31 Å². The monoisotopic (exact) mass is 363 g/mol. The summed E-state index contributed by atoms with van der Waals surface area (Å²) in [6.07, 6.45) is 0.544. The average Bonchev–Trinajstić information content (AvgIpc) is 2.51. The molecule has 132 valence electrons. The summed E-state index contributed by atoms with van der Waals surface area (Å²) >= 11 is 0. The summed E-state index contributed by atoms with van der Waals surface area (Å²) in [4.78, 5) is 12.0. The summed E-state index contributed by atoms with van der Waals surface area (Å²) in [5.41, 5.74) is 7.77. The van der Waals surface area contributed by atoms with Crippen LogP contribution in [-0.4, -0.2) is 44.5 Å². The van der Waals surface area contributed by atoms with E-state index in [1.54, 1.807) is 14.0 Å². The summed E-state index contributed by atoms with van der Waals surface area (Å²) in [6.45, 7) is 4.34. The molecule has 0 aliphatic rings. The number of rotatable bonds is 8. The normalized spacial score (nSPS) is 12.6. The number of hydrogen-bond donors (Lipinski definition) is 2. The number of halogens is 1. The molecule has 23 heavy (non-hydrogen) atoms. The lowest BCUT2D eigenvalue weighted by molar-refractivity contribution is -0.122. The van der Waals surface area contributed by atoms with Crippen LogP contribution in [0.3, 0.4) is 0 Å². The number of aryl methyl sites for hydroxylation is 1. The average molecular weight is 364 g/mol. The van der Waals surface area contributed by atoms with Crippen molar-refractivity contribution >= 4 is 28.3 Å². The van der Waals surface area contributed by atoms with Crippen LogP contribution in [0.5, 0.6) is 0 Å². The zero-order valence-corrected chi connectivity index (χ0v) is 15.4. The predicted octanol–water partition coefficient (Wildman–Crippen LogP) is 1.20. The van der Waals surface area contributed by atoms with Crippen LogP contribution >= 0.6 is 12.4 Å². The fourth-order valence-corrected chi connectivity index (χ4v) is 2.76. The summed E-state index contributed by atoms with van der Waals surface area (Å²) < 4.78 is 24.4. The Balaban J connectivity index is 0.00000484. The van der Waals surface area contributed by atoms with Crippen molar-refractivity contribution in [2.24, 2.45) is 5.73 Å². The molecule has 1 amide bonds. The van der Waals surface area contributed by atoms with Crippen molar-refractivity contribution in [3.63, 3.8) is 0 Å². The number of hydrogen-bond acceptors (Lipinski definition) is 4. The Kier molecular flexibility index (Phi) is 9.38. The molecule has 0 saturated heterocycles. The molecule has 1 aromatic rings. The molecule has 3 N–H and O–H groups in total. The van der Waals surface area contributed by atoms with E-state index in [2.05, 4.69) is 5.32 Å². The molecule has 0 aliphatic heterocycles. The molecule has 0 radical (unpaired) electrons. The fourth-order valence-electron chi connectivity index (χ4n) is 1.91. The van der Waals surface area contributed by atoms with Crippen LogP contribution in [0.25, 0.3) is 0 Å². The number of nitrogens with two attached hydrogens (primary N) is 1. The second-order valence-electron chi connectivity index (χ2n) is 5.26. The van der Waals surface area contributed by atoms with Crippen molar-refractivity contribution in [3.05, 3.63) is 35.4 Å². The first-order valence-corrected chi connectivity index (χ1v) is 8.92. The van der Waals surface area contributed by atoms with Crippen LogP contribution in [0.15, 0.2) is 24.3 Å². The zero-order chi connectivity index (χ0) is 16.8. The molecule has 8 heteroatoms. The number of benzene rings is 1. The highest BCUT2D eigenvalue weighted by Crippen LogP contribution is 2.11. The molecule has 0 aliphatic carbocycles. The fraction of sp³-hybridized carbons (Fsp3) is 0.533. The van der Waals surface area contributed by atoms with Crippen molar-refractivity contribution in [1.82, 2.24) is 9.62 Å².